The Morgan fingerprint density at radius 2 is 2.08 bits per heavy atom. The first-order chi connectivity index (χ1) is 12.0. The molecule has 0 unspecified atom stereocenters. The Balaban J connectivity index is 1.62. The van der Waals surface area contributed by atoms with Crippen molar-refractivity contribution in [2.45, 2.75) is 38.2 Å². The van der Waals surface area contributed by atoms with Gasteiger partial charge in [0, 0.05) is 25.7 Å². The lowest BCUT2D eigenvalue weighted by Crippen LogP contribution is -2.34. The molecule has 0 aromatic heterocycles. The van der Waals surface area contributed by atoms with Crippen molar-refractivity contribution in [2.24, 2.45) is 5.92 Å². The molecule has 2 amide bonds. The number of nitrogens with zero attached hydrogens (tertiary/aromatic N) is 2. The molecule has 1 aliphatic heterocycles. The summed E-state index contributed by atoms with van der Waals surface area (Å²) in [6.07, 6.45) is 5.39. The minimum atomic E-state index is -0.349. The number of benzene rings is 1. The molecule has 25 heavy (non-hydrogen) atoms. The van der Waals surface area contributed by atoms with E-state index < -0.39 is 0 Å². The van der Waals surface area contributed by atoms with Crippen molar-refractivity contribution in [3.05, 3.63) is 24.0 Å². The van der Waals surface area contributed by atoms with Crippen molar-refractivity contribution >= 4 is 11.7 Å². The van der Waals surface area contributed by atoms with E-state index in [1.54, 1.807) is 6.07 Å². The zero-order chi connectivity index (χ0) is 17.8. The van der Waals surface area contributed by atoms with Gasteiger partial charge in [-0.3, -0.25) is 0 Å². The molecule has 1 aromatic rings. The second-order valence-electron chi connectivity index (χ2n) is 7.46. The molecule has 1 atom stereocenters. The van der Waals surface area contributed by atoms with E-state index in [0.717, 1.165) is 51.7 Å². The normalized spacial score (nSPS) is 21.1. The molecule has 0 radical (unpaired) electrons. The van der Waals surface area contributed by atoms with Crippen LogP contribution in [0.25, 0.3) is 0 Å². The van der Waals surface area contributed by atoms with E-state index in [4.69, 9.17) is 4.74 Å². The number of ether oxygens (including phenoxy) is 1. The standard InChI is InChI=1S/C19H28FN3O2/c1-22(2)12-14-9-10-23(13-14)19(24)21-17-8-7-15(20)11-18(17)25-16-5-3-4-6-16/h7-8,11,14,16H,3-6,9-10,12-13H2,1-2H3,(H,21,24)/t14-/m0/s1. The van der Waals surface area contributed by atoms with Gasteiger partial charge < -0.3 is 19.9 Å². The molecule has 138 valence electrons. The lowest BCUT2D eigenvalue weighted by Gasteiger charge is -2.21. The molecule has 2 fully saturated rings. The second kappa shape index (κ2) is 8.04. The van der Waals surface area contributed by atoms with Crippen molar-refractivity contribution in [3.8, 4) is 5.75 Å². The molecular weight excluding hydrogens is 321 g/mol. The fourth-order valence-corrected chi connectivity index (χ4v) is 3.76. The van der Waals surface area contributed by atoms with E-state index in [0.29, 0.717) is 17.4 Å². The first-order valence-corrected chi connectivity index (χ1v) is 9.18. The van der Waals surface area contributed by atoms with Crippen LogP contribution in [-0.2, 0) is 0 Å². The smallest absolute Gasteiger partial charge is 0.321 e. The Morgan fingerprint density at radius 3 is 2.80 bits per heavy atom. The third-order valence-electron chi connectivity index (χ3n) is 4.98. The highest BCUT2D eigenvalue weighted by atomic mass is 19.1. The highest BCUT2D eigenvalue weighted by Gasteiger charge is 2.27. The van der Waals surface area contributed by atoms with Gasteiger partial charge in [-0.1, -0.05) is 0 Å². The summed E-state index contributed by atoms with van der Waals surface area (Å²) < 4.78 is 19.6. The van der Waals surface area contributed by atoms with Gasteiger partial charge in [0.1, 0.15) is 11.6 Å². The van der Waals surface area contributed by atoms with E-state index in [9.17, 15) is 9.18 Å². The fraction of sp³-hybridized carbons (Fsp3) is 0.632. The van der Waals surface area contributed by atoms with Gasteiger partial charge in [0.25, 0.3) is 0 Å². The minimum absolute atomic E-state index is 0.119. The van der Waals surface area contributed by atoms with Gasteiger partial charge in [0.2, 0.25) is 0 Å². The van der Waals surface area contributed by atoms with Crippen LogP contribution in [0.3, 0.4) is 0 Å². The van der Waals surface area contributed by atoms with Crippen molar-refractivity contribution in [2.75, 3.05) is 39.0 Å². The second-order valence-corrected chi connectivity index (χ2v) is 7.46. The number of halogens is 1. The molecule has 1 saturated heterocycles. The quantitative estimate of drug-likeness (QED) is 0.884. The predicted molar refractivity (Wildman–Crippen MR) is 96.5 cm³/mol. The summed E-state index contributed by atoms with van der Waals surface area (Å²) in [6.45, 7) is 2.49. The van der Waals surface area contributed by atoms with Crippen LogP contribution in [0.2, 0.25) is 0 Å². The van der Waals surface area contributed by atoms with Crippen LogP contribution in [0.5, 0.6) is 5.75 Å². The van der Waals surface area contributed by atoms with Crippen LogP contribution < -0.4 is 10.1 Å². The van der Waals surface area contributed by atoms with Gasteiger partial charge in [0.05, 0.1) is 11.8 Å². The van der Waals surface area contributed by atoms with Gasteiger partial charge in [-0.2, -0.15) is 0 Å². The Kier molecular flexibility index (Phi) is 5.78. The molecule has 5 nitrogen and oxygen atoms in total. The highest BCUT2D eigenvalue weighted by Crippen LogP contribution is 2.31. The topological polar surface area (TPSA) is 44.8 Å². The summed E-state index contributed by atoms with van der Waals surface area (Å²) in [7, 11) is 4.10. The number of amides is 2. The van der Waals surface area contributed by atoms with Crippen LogP contribution in [0.1, 0.15) is 32.1 Å². The van der Waals surface area contributed by atoms with Crippen LogP contribution in [0, 0.1) is 11.7 Å². The van der Waals surface area contributed by atoms with Gasteiger partial charge >= 0.3 is 6.03 Å². The van der Waals surface area contributed by atoms with Crippen LogP contribution in [-0.4, -0.2) is 55.7 Å². The predicted octanol–water partition coefficient (Wildman–Crippen LogP) is 3.56. The lowest BCUT2D eigenvalue weighted by molar-refractivity contribution is 0.208. The molecule has 1 heterocycles. The van der Waals surface area contributed by atoms with Crippen LogP contribution in [0.15, 0.2) is 18.2 Å². The molecule has 1 N–H and O–H groups in total. The van der Waals surface area contributed by atoms with Gasteiger partial charge in [-0.15, -0.1) is 0 Å². The van der Waals surface area contributed by atoms with Gasteiger partial charge in [-0.05, 0) is 64.3 Å². The van der Waals surface area contributed by atoms with E-state index in [1.807, 2.05) is 19.0 Å². The SMILES string of the molecule is CN(C)C[C@@H]1CCN(C(=O)Nc2ccc(F)cc2OC2CCCC2)C1. The first-order valence-electron chi connectivity index (χ1n) is 9.18. The van der Waals surface area contributed by atoms with Crippen molar-refractivity contribution < 1.29 is 13.9 Å². The third-order valence-corrected chi connectivity index (χ3v) is 4.98. The largest absolute Gasteiger partial charge is 0.488 e. The summed E-state index contributed by atoms with van der Waals surface area (Å²) in [5.41, 5.74) is 0.550. The summed E-state index contributed by atoms with van der Waals surface area (Å²) in [5, 5.41) is 2.91. The summed E-state index contributed by atoms with van der Waals surface area (Å²) >= 11 is 0. The summed E-state index contributed by atoms with van der Waals surface area (Å²) in [4.78, 5) is 16.6. The zero-order valence-electron chi connectivity index (χ0n) is 15.1. The maximum atomic E-state index is 13.6. The third kappa shape index (κ3) is 4.84. The highest BCUT2D eigenvalue weighted by molar-refractivity contribution is 5.91. The van der Waals surface area contributed by atoms with Crippen LogP contribution in [0.4, 0.5) is 14.9 Å². The van der Waals surface area contributed by atoms with E-state index >= 15 is 0 Å². The molecule has 6 heteroatoms. The number of rotatable bonds is 5. The Hall–Kier alpha value is -1.82. The van der Waals surface area contributed by atoms with Gasteiger partial charge in [-0.25, -0.2) is 9.18 Å². The number of likely N-dealkylation sites (tertiary alicyclic amines) is 1. The Morgan fingerprint density at radius 1 is 1.32 bits per heavy atom. The van der Waals surface area contributed by atoms with Crippen molar-refractivity contribution in [1.29, 1.82) is 0 Å². The number of carbonyl (C=O) groups is 1. The summed E-state index contributed by atoms with van der Waals surface area (Å²) in [6, 6.07) is 4.18. The number of hydrogen-bond acceptors (Lipinski definition) is 3. The summed E-state index contributed by atoms with van der Waals surface area (Å²) in [5.74, 6) is 0.589. The molecule has 0 bridgehead atoms. The van der Waals surface area contributed by atoms with E-state index in [-0.39, 0.29) is 18.0 Å². The number of nitrogens with one attached hydrogen (secondary N) is 1. The number of urea groups is 1. The maximum absolute atomic E-state index is 13.6. The Labute approximate surface area is 149 Å². The molecular formula is C19H28FN3O2. The molecule has 0 spiro atoms. The fourth-order valence-electron chi connectivity index (χ4n) is 3.76. The maximum Gasteiger partial charge on any atom is 0.321 e. The molecule has 1 saturated carbocycles. The van der Waals surface area contributed by atoms with Gasteiger partial charge in [0.15, 0.2) is 0 Å². The van der Waals surface area contributed by atoms with Crippen molar-refractivity contribution in [3.63, 3.8) is 0 Å². The minimum Gasteiger partial charge on any atom is -0.488 e. The molecule has 1 aliphatic carbocycles. The van der Waals surface area contributed by atoms with E-state index in [1.165, 1.54) is 12.1 Å². The lowest BCUT2D eigenvalue weighted by atomic mass is 10.1. The first kappa shape index (κ1) is 18.0. The monoisotopic (exact) mass is 349 g/mol. The van der Waals surface area contributed by atoms with E-state index in [2.05, 4.69) is 10.2 Å². The molecule has 2 aliphatic rings. The number of hydrogen-bond donors (Lipinski definition) is 1. The van der Waals surface area contributed by atoms with Crippen molar-refractivity contribution in [1.82, 2.24) is 9.80 Å². The molecule has 3 rings (SSSR count). The average molecular weight is 349 g/mol. The molecule has 1 aromatic carbocycles. The Bertz CT molecular complexity index is 602. The number of anilines is 1. The zero-order valence-corrected chi connectivity index (χ0v) is 15.1. The average Bonchev–Trinajstić information content (AvgIpc) is 3.21. The number of carbonyl (C=O) groups excluding carboxylic acids is 1. The van der Waals surface area contributed by atoms with Crippen LogP contribution >= 0.6 is 0 Å².